The lowest BCUT2D eigenvalue weighted by Gasteiger charge is -2.36. The first kappa shape index (κ1) is 14.3. The summed E-state index contributed by atoms with van der Waals surface area (Å²) < 4.78 is 10.7. The van der Waals surface area contributed by atoms with E-state index in [1.807, 2.05) is 27.7 Å². The molecule has 0 aliphatic carbocycles. The smallest absolute Gasteiger partial charge is 0.410 e. The highest BCUT2D eigenvalue weighted by Gasteiger charge is 2.31. The molecule has 5 nitrogen and oxygen atoms in total. The standard InChI is InChI=1S/C12H23NO4/c1-5-16-10-6-9(14)7-13(8-10)11(15)17-12(2,3)4/h9-10,14H,5-8H2,1-4H3/t9-,10-/m1/s1. The summed E-state index contributed by atoms with van der Waals surface area (Å²) in [7, 11) is 0. The topological polar surface area (TPSA) is 59.0 Å². The zero-order valence-corrected chi connectivity index (χ0v) is 11.1. The van der Waals surface area contributed by atoms with E-state index in [4.69, 9.17) is 9.47 Å². The lowest BCUT2D eigenvalue weighted by molar-refractivity contribution is -0.0526. The average Bonchev–Trinajstić information content (AvgIpc) is 2.14. The molecule has 0 spiro atoms. The highest BCUT2D eigenvalue weighted by molar-refractivity contribution is 5.68. The molecule has 5 heteroatoms. The predicted molar refractivity (Wildman–Crippen MR) is 63.8 cm³/mol. The maximum absolute atomic E-state index is 11.8. The number of ether oxygens (including phenoxy) is 2. The van der Waals surface area contributed by atoms with Crippen molar-refractivity contribution in [3.63, 3.8) is 0 Å². The molecule has 0 saturated carbocycles. The van der Waals surface area contributed by atoms with Crippen LogP contribution in [0.15, 0.2) is 0 Å². The summed E-state index contributed by atoms with van der Waals surface area (Å²) >= 11 is 0. The molecule has 1 saturated heterocycles. The largest absolute Gasteiger partial charge is 0.444 e. The van der Waals surface area contributed by atoms with E-state index < -0.39 is 11.7 Å². The van der Waals surface area contributed by atoms with E-state index in [0.717, 1.165) is 0 Å². The molecular weight excluding hydrogens is 222 g/mol. The Hall–Kier alpha value is -0.810. The number of carbonyl (C=O) groups excluding carboxylic acids is 1. The van der Waals surface area contributed by atoms with Gasteiger partial charge in [-0.25, -0.2) is 4.79 Å². The van der Waals surface area contributed by atoms with Gasteiger partial charge in [0.05, 0.1) is 25.3 Å². The van der Waals surface area contributed by atoms with Crippen LogP contribution in [-0.4, -0.2) is 53.6 Å². The number of carbonyl (C=O) groups is 1. The van der Waals surface area contributed by atoms with Crippen LogP contribution in [0.1, 0.15) is 34.1 Å². The molecule has 2 atom stereocenters. The van der Waals surface area contributed by atoms with Crippen LogP contribution in [0, 0.1) is 0 Å². The highest BCUT2D eigenvalue weighted by atomic mass is 16.6. The molecule has 1 aliphatic rings. The van der Waals surface area contributed by atoms with Crippen molar-refractivity contribution < 1.29 is 19.4 Å². The van der Waals surface area contributed by atoms with Gasteiger partial charge in [-0.15, -0.1) is 0 Å². The van der Waals surface area contributed by atoms with Gasteiger partial charge in [0.2, 0.25) is 0 Å². The molecule has 0 bridgehead atoms. The number of β-amino-alcohol motifs (C(OH)–C–C–N with tert-alkyl or cyclic N) is 1. The number of amides is 1. The van der Waals surface area contributed by atoms with Crippen molar-refractivity contribution in [1.29, 1.82) is 0 Å². The molecule has 0 unspecified atom stereocenters. The lowest BCUT2D eigenvalue weighted by atomic mass is 10.1. The minimum atomic E-state index is -0.534. The Kier molecular flexibility index (Phi) is 4.77. The molecule has 17 heavy (non-hydrogen) atoms. The monoisotopic (exact) mass is 245 g/mol. The molecule has 0 aromatic carbocycles. The molecule has 100 valence electrons. The van der Waals surface area contributed by atoms with Crippen molar-refractivity contribution in [2.75, 3.05) is 19.7 Å². The Bertz CT molecular complexity index is 262. The molecule has 0 radical (unpaired) electrons. The maximum Gasteiger partial charge on any atom is 0.410 e. The summed E-state index contributed by atoms with van der Waals surface area (Å²) in [6, 6.07) is 0. The Balaban J connectivity index is 2.54. The summed E-state index contributed by atoms with van der Waals surface area (Å²) in [5.74, 6) is 0. The molecule has 1 N–H and O–H groups in total. The van der Waals surface area contributed by atoms with Crippen LogP contribution >= 0.6 is 0 Å². The molecule has 1 amide bonds. The van der Waals surface area contributed by atoms with Crippen molar-refractivity contribution in [2.24, 2.45) is 0 Å². The second kappa shape index (κ2) is 5.69. The van der Waals surface area contributed by atoms with Gasteiger partial charge < -0.3 is 19.5 Å². The van der Waals surface area contributed by atoms with E-state index in [2.05, 4.69) is 0 Å². The SMILES string of the molecule is CCO[C@@H]1C[C@@H](O)CN(C(=O)OC(C)(C)C)C1. The van der Waals surface area contributed by atoms with E-state index in [-0.39, 0.29) is 12.2 Å². The van der Waals surface area contributed by atoms with Crippen LogP contribution in [0.3, 0.4) is 0 Å². The third kappa shape index (κ3) is 4.91. The fraction of sp³-hybridized carbons (Fsp3) is 0.917. The zero-order valence-electron chi connectivity index (χ0n) is 11.1. The van der Waals surface area contributed by atoms with Gasteiger partial charge in [-0.2, -0.15) is 0 Å². The second-order valence-corrected chi connectivity index (χ2v) is 5.35. The van der Waals surface area contributed by atoms with Gasteiger partial charge in [-0.1, -0.05) is 0 Å². The first-order valence-corrected chi connectivity index (χ1v) is 6.09. The fourth-order valence-electron chi connectivity index (χ4n) is 1.86. The van der Waals surface area contributed by atoms with Crippen LogP contribution in [-0.2, 0) is 9.47 Å². The summed E-state index contributed by atoms with van der Waals surface area (Å²) in [4.78, 5) is 13.4. The first-order valence-electron chi connectivity index (χ1n) is 6.09. The van der Waals surface area contributed by atoms with E-state index in [0.29, 0.717) is 26.1 Å². The van der Waals surface area contributed by atoms with Crippen molar-refractivity contribution in [1.82, 2.24) is 4.90 Å². The fourth-order valence-corrected chi connectivity index (χ4v) is 1.86. The first-order chi connectivity index (χ1) is 7.81. The Morgan fingerprint density at radius 3 is 2.59 bits per heavy atom. The molecule has 1 heterocycles. The summed E-state index contributed by atoms with van der Waals surface area (Å²) in [5, 5.41) is 9.69. The number of aliphatic hydroxyl groups excluding tert-OH is 1. The van der Waals surface area contributed by atoms with Crippen LogP contribution < -0.4 is 0 Å². The molecule has 0 aromatic rings. The molecule has 1 rings (SSSR count). The van der Waals surface area contributed by atoms with E-state index >= 15 is 0 Å². The number of piperidine rings is 1. The second-order valence-electron chi connectivity index (χ2n) is 5.35. The van der Waals surface area contributed by atoms with Crippen molar-refractivity contribution in [3.8, 4) is 0 Å². The summed E-state index contributed by atoms with van der Waals surface area (Å²) in [6.07, 6.45) is -0.447. The van der Waals surface area contributed by atoms with Crippen LogP contribution in [0.4, 0.5) is 4.79 Å². The van der Waals surface area contributed by atoms with Crippen LogP contribution in [0.5, 0.6) is 0 Å². The maximum atomic E-state index is 11.8. The normalized spacial score (nSPS) is 25.8. The zero-order chi connectivity index (χ0) is 13.1. The van der Waals surface area contributed by atoms with Crippen molar-refractivity contribution >= 4 is 6.09 Å². The Labute approximate surface area is 103 Å². The number of hydrogen-bond donors (Lipinski definition) is 1. The quantitative estimate of drug-likeness (QED) is 0.798. The number of aliphatic hydroxyl groups is 1. The van der Waals surface area contributed by atoms with Crippen molar-refractivity contribution in [3.05, 3.63) is 0 Å². The van der Waals surface area contributed by atoms with Gasteiger partial charge in [0.15, 0.2) is 0 Å². The highest BCUT2D eigenvalue weighted by Crippen LogP contribution is 2.17. The van der Waals surface area contributed by atoms with Gasteiger partial charge in [0, 0.05) is 13.0 Å². The van der Waals surface area contributed by atoms with Crippen LogP contribution in [0.25, 0.3) is 0 Å². The third-order valence-electron chi connectivity index (χ3n) is 2.44. The minimum absolute atomic E-state index is 0.101. The van der Waals surface area contributed by atoms with Gasteiger partial charge in [0.1, 0.15) is 5.60 Å². The van der Waals surface area contributed by atoms with Gasteiger partial charge >= 0.3 is 6.09 Å². The number of likely N-dealkylation sites (tertiary alicyclic amines) is 1. The predicted octanol–water partition coefficient (Wildman–Crippen LogP) is 1.39. The summed E-state index contributed by atoms with van der Waals surface area (Å²) in [5.41, 5.74) is -0.513. The minimum Gasteiger partial charge on any atom is -0.444 e. The van der Waals surface area contributed by atoms with E-state index in [1.54, 1.807) is 0 Å². The molecule has 1 aliphatic heterocycles. The van der Waals surface area contributed by atoms with Crippen molar-refractivity contribution in [2.45, 2.75) is 51.9 Å². The summed E-state index contributed by atoms with van der Waals surface area (Å²) in [6.45, 7) is 8.76. The van der Waals surface area contributed by atoms with Gasteiger partial charge in [-0.3, -0.25) is 0 Å². The molecule has 0 aromatic heterocycles. The van der Waals surface area contributed by atoms with Gasteiger partial charge in [-0.05, 0) is 27.7 Å². The number of nitrogens with zero attached hydrogens (tertiary/aromatic N) is 1. The number of hydrogen-bond acceptors (Lipinski definition) is 4. The van der Waals surface area contributed by atoms with E-state index in [9.17, 15) is 9.90 Å². The number of rotatable bonds is 2. The Morgan fingerprint density at radius 2 is 2.06 bits per heavy atom. The third-order valence-corrected chi connectivity index (χ3v) is 2.44. The average molecular weight is 245 g/mol. The van der Waals surface area contributed by atoms with E-state index in [1.165, 1.54) is 4.90 Å². The Morgan fingerprint density at radius 1 is 1.41 bits per heavy atom. The van der Waals surface area contributed by atoms with Gasteiger partial charge in [0.25, 0.3) is 0 Å². The lowest BCUT2D eigenvalue weighted by Crippen LogP contribution is -2.50. The molecule has 1 fully saturated rings. The molecular formula is C12H23NO4. The van der Waals surface area contributed by atoms with Crippen LogP contribution in [0.2, 0.25) is 0 Å².